The number of aromatic nitrogens is 3. The third kappa shape index (κ3) is 7.75. The van der Waals surface area contributed by atoms with Gasteiger partial charge in [0.05, 0.1) is 38.1 Å². The fraction of sp³-hybridized carbons (Fsp3) is 0.358. The highest BCUT2D eigenvalue weighted by Crippen LogP contribution is 2.51. The maximum Gasteiger partial charge on any atom is 0.222 e. The summed E-state index contributed by atoms with van der Waals surface area (Å²) in [6, 6.07) is 30.5. The number of ether oxygens (including phenoxy) is 2. The van der Waals surface area contributed by atoms with Gasteiger partial charge in [-0.25, -0.2) is 4.39 Å². The maximum atomic E-state index is 14.4. The summed E-state index contributed by atoms with van der Waals surface area (Å²) in [6.07, 6.45) is 2.29. The van der Waals surface area contributed by atoms with Gasteiger partial charge in [-0.05, 0) is 76.9 Å². The van der Waals surface area contributed by atoms with E-state index in [4.69, 9.17) is 21.1 Å². The van der Waals surface area contributed by atoms with Crippen LogP contribution in [0.25, 0.3) is 21.8 Å². The first-order chi connectivity index (χ1) is 32.6. The van der Waals surface area contributed by atoms with Crippen molar-refractivity contribution in [2.45, 2.75) is 62.5 Å². The molecule has 4 N–H and O–H groups in total. The molecule has 2 fully saturated rings. The van der Waals surface area contributed by atoms with E-state index in [0.29, 0.717) is 49.9 Å². The minimum atomic E-state index is -0.298. The number of nitrogens with one attached hydrogen (secondary N) is 2. The van der Waals surface area contributed by atoms with Crippen LogP contribution < -0.4 is 9.47 Å². The summed E-state index contributed by atoms with van der Waals surface area (Å²) in [4.78, 5) is 33.7. The van der Waals surface area contributed by atoms with E-state index in [1.54, 1.807) is 19.2 Å². The highest BCUT2D eigenvalue weighted by molar-refractivity contribution is 6.31. The van der Waals surface area contributed by atoms with E-state index in [2.05, 4.69) is 53.9 Å². The lowest BCUT2D eigenvalue weighted by Crippen LogP contribution is -2.67. The summed E-state index contributed by atoms with van der Waals surface area (Å²) >= 11 is 7.03. The number of fused-ring (bicyclic) bond motifs is 8. The molecule has 12 nitrogen and oxygen atoms in total. The number of H-pyrrole nitrogens is 2. The number of likely N-dealkylation sites (tertiary alicyclic amines) is 2. The molecule has 4 aliphatic heterocycles. The zero-order valence-corrected chi connectivity index (χ0v) is 38.5. The van der Waals surface area contributed by atoms with E-state index in [1.807, 2.05) is 72.6 Å². The first-order valence-corrected chi connectivity index (χ1v) is 23.6. The van der Waals surface area contributed by atoms with Gasteiger partial charge in [-0.3, -0.25) is 24.5 Å². The number of amides is 1. The van der Waals surface area contributed by atoms with Gasteiger partial charge in [0.2, 0.25) is 5.91 Å². The number of rotatable bonds is 13. The Morgan fingerprint density at radius 2 is 1.40 bits per heavy atom. The third-order valence-electron chi connectivity index (χ3n) is 14.8. The molecule has 2 saturated heterocycles. The molecular formula is C53H55ClFN7O5. The smallest absolute Gasteiger partial charge is 0.222 e. The molecule has 7 aromatic rings. The van der Waals surface area contributed by atoms with E-state index >= 15 is 0 Å². The molecule has 2 atom stereocenters. The number of hydrogen-bond acceptors (Lipinski definition) is 9. The van der Waals surface area contributed by atoms with Crippen LogP contribution in [-0.4, -0.2) is 110 Å². The first kappa shape index (κ1) is 43.8. The van der Waals surface area contributed by atoms with Gasteiger partial charge >= 0.3 is 0 Å². The zero-order chi connectivity index (χ0) is 46.0. The molecule has 3 aromatic heterocycles. The van der Waals surface area contributed by atoms with Crippen LogP contribution >= 0.6 is 11.6 Å². The predicted octanol–water partition coefficient (Wildman–Crippen LogP) is 7.77. The highest BCUT2D eigenvalue weighted by Gasteiger charge is 2.54. The number of carbonyl (C=O) groups is 1. The van der Waals surface area contributed by atoms with E-state index in [-0.39, 0.29) is 54.5 Å². The van der Waals surface area contributed by atoms with Crippen molar-refractivity contribution >= 4 is 39.3 Å². The van der Waals surface area contributed by atoms with Crippen LogP contribution in [0.4, 0.5) is 4.39 Å². The summed E-state index contributed by atoms with van der Waals surface area (Å²) in [5.74, 6) is 1.32. The standard InChI is InChI=1S/C53H55ClFN7O5/c1-3-47(65)62-31-53(32-62)30-61(46(25-64)51-49(53)40-14-12-38(66-2)19-43(40)57-51)22-34-10-11-35(42(54)18-34)26-67-39-13-15-41-44(20-39)58-50-45(24-63)60(21-33-7-6-8-36(55)17-33)29-52(48(41)50)27-59(28-52)23-37-9-4-5-16-56-37/h4-20,45-46,57-58,63-64H,3,21-32H2,1-2H3. The molecule has 4 aromatic carbocycles. The number of carbonyl (C=O) groups excluding carboxylic acids is 1. The lowest BCUT2D eigenvalue weighted by atomic mass is 9.68. The summed E-state index contributed by atoms with van der Waals surface area (Å²) in [6.45, 7) is 8.11. The molecule has 346 valence electrons. The van der Waals surface area contributed by atoms with E-state index < -0.39 is 0 Å². The summed E-state index contributed by atoms with van der Waals surface area (Å²) in [5, 5.41) is 24.7. The van der Waals surface area contributed by atoms with Crippen molar-refractivity contribution in [1.82, 2.24) is 34.6 Å². The SMILES string of the molecule is CCC(=O)N1CC2(C1)CN(Cc1ccc(COc3ccc4c5c([nH]c4c3)C(CO)N(Cc3cccc(F)c3)CC53CN(Cc4ccccn4)C3)c(Cl)c1)C(CO)c1[nH]c3cc(OC)ccc3c12. The van der Waals surface area contributed by atoms with Crippen molar-refractivity contribution in [2.75, 3.05) is 59.6 Å². The lowest BCUT2D eigenvalue weighted by Gasteiger charge is -2.56. The average molecular weight is 925 g/mol. The molecule has 7 heterocycles. The number of methoxy groups -OCH3 is 1. The quantitative estimate of drug-likeness (QED) is 0.0917. The van der Waals surface area contributed by atoms with Gasteiger partial charge < -0.3 is 34.6 Å². The van der Waals surface area contributed by atoms with Gasteiger partial charge in [0, 0.05) is 138 Å². The molecule has 4 aliphatic rings. The Morgan fingerprint density at radius 1 is 0.761 bits per heavy atom. The summed E-state index contributed by atoms with van der Waals surface area (Å²) in [5.41, 5.74) is 9.53. The normalized spacial score (nSPS) is 19.9. The van der Waals surface area contributed by atoms with Crippen molar-refractivity contribution < 1.29 is 28.9 Å². The number of pyridine rings is 1. The Balaban J connectivity index is 0.829. The van der Waals surface area contributed by atoms with Gasteiger partial charge in [0.25, 0.3) is 0 Å². The fourth-order valence-corrected chi connectivity index (χ4v) is 12.1. The molecule has 0 aliphatic carbocycles. The van der Waals surface area contributed by atoms with Crippen LogP contribution in [0.15, 0.2) is 103 Å². The Labute approximate surface area is 393 Å². The van der Waals surface area contributed by atoms with E-state index in [1.165, 1.54) is 17.2 Å². The molecule has 1 amide bonds. The Morgan fingerprint density at radius 3 is 2.00 bits per heavy atom. The average Bonchev–Trinajstić information content (AvgIpc) is 3.89. The van der Waals surface area contributed by atoms with Gasteiger partial charge in [0.1, 0.15) is 23.9 Å². The Kier molecular flexibility index (Phi) is 11.3. The molecule has 14 heteroatoms. The van der Waals surface area contributed by atoms with Crippen LogP contribution in [0.5, 0.6) is 11.5 Å². The number of hydrogen-bond donors (Lipinski definition) is 4. The molecule has 0 radical (unpaired) electrons. The molecule has 11 rings (SSSR count). The Hall–Kier alpha value is -5.80. The highest BCUT2D eigenvalue weighted by atomic mass is 35.5. The molecule has 0 saturated carbocycles. The second kappa shape index (κ2) is 17.4. The third-order valence-corrected chi connectivity index (χ3v) is 15.1. The fourth-order valence-electron chi connectivity index (χ4n) is 11.8. The number of benzene rings is 4. The minimum Gasteiger partial charge on any atom is -0.497 e. The number of nitrogens with zero attached hydrogens (tertiary/aromatic N) is 5. The van der Waals surface area contributed by atoms with Gasteiger partial charge in [0.15, 0.2) is 0 Å². The molecule has 0 bridgehead atoms. The number of aliphatic hydroxyl groups is 2. The monoisotopic (exact) mass is 923 g/mol. The Bertz CT molecular complexity index is 2980. The minimum absolute atomic E-state index is 0.0718. The number of halogens is 2. The maximum absolute atomic E-state index is 14.4. The first-order valence-electron chi connectivity index (χ1n) is 23.2. The van der Waals surface area contributed by atoms with Crippen LogP contribution in [0, 0.1) is 5.82 Å². The molecule has 67 heavy (non-hydrogen) atoms. The van der Waals surface area contributed by atoms with Crippen LogP contribution in [0.3, 0.4) is 0 Å². The summed E-state index contributed by atoms with van der Waals surface area (Å²) < 4.78 is 26.3. The molecule has 2 spiro atoms. The van der Waals surface area contributed by atoms with Gasteiger partial charge in [-0.1, -0.05) is 48.9 Å². The van der Waals surface area contributed by atoms with E-state index in [9.17, 15) is 19.4 Å². The largest absolute Gasteiger partial charge is 0.497 e. The second-order valence-corrected chi connectivity index (χ2v) is 19.5. The second-order valence-electron chi connectivity index (χ2n) is 19.1. The van der Waals surface area contributed by atoms with Crippen molar-refractivity contribution in [1.29, 1.82) is 0 Å². The zero-order valence-electron chi connectivity index (χ0n) is 37.8. The summed E-state index contributed by atoms with van der Waals surface area (Å²) in [7, 11) is 1.66. The lowest BCUT2D eigenvalue weighted by molar-refractivity contribution is -0.140. The molecular weight excluding hydrogens is 869 g/mol. The number of aliphatic hydroxyl groups excluding tert-OH is 2. The van der Waals surface area contributed by atoms with Crippen LogP contribution in [-0.2, 0) is 41.9 Å². The van der Waals surface area contributed by atoms with Crippen molar-refractivity contribution in [3.8, 4) is 11.5 Å². The van der Waals surface area contributed by atoms with E-state index in [0.717, 1.165) is 87.5 Å². The van der Waals surface area contributed by atoms with Crippen molar-refractivity contribution in [3.05, 3.63) is 159 Å². The topological polar surface area (TPSA) is 133 Å². The van der Waals surface area contributed by atoms with Crippen molar-refractivity contribution in [3.63, 3.8) is 0 Å². The predicted molar refractivity (Wildman–Crippen MR) is 256 cm³/mol. The van der Waals surface area contributed by atoms with Gasteiger partial charge in [-0.2, -0.15) is 0 Å². The van der Waals surface area contributed by atoms with Crippen molar-refractivity contribution in [2.24, 2.45) is 0 Å². The molecule has 2 unspecified atom stereocenters. The number of aromatic amines is 2. The van der Waals surface area contributed by atoms with Crippen LogP contribution in [0.1, 0.15) is 70.3 Å². The van der Waals surface area contributed by atoms with Gasteiger partial charge in [-0.15, -0.1) is 0 Å². The van der Waals surface area contributed by atoms with Crippen LogP contribution in [0.2, 0.25) is 5.02 Å².